The lowest BCUT2D eigenvalue weighted by Crippen LogP contribution is -2.27. The number of rotatable bonds is 7. The monoisotopic (exact) mass is 499 g/mol. The molecule has 168 valence electrons. The van der Waals surface area contributed by atoms with Gasteiger partial charge in [0.05, 0.1) is 18.6 Å². The Labute approximate surface area is 205 Å². The summed E-state index contributed by atoms with van der Waals surface area (Å²) in [5, 5.41) is 0.430. The van der Waals surface area contributed by atoms with Gasteiger partial charge < -0.3 is 9.47 Å². The second-order valence-corrected chi connectivity index (χ2v) is 8.96. The third-order valence-electron chi connectivity index (χ3n) is 4.97. The fourth-order valence-electron chi connectivity index (χ4n) is 3.26. The van der Waals surface area contributed by atoms with E-state index in [1.165, 1.54) is 0 Å². The summed E-state index contributed by atoms with van der Waals surface area (Å²) >= 11 is 13.3. The van der Waals surface area contributed by atoms with Crippen molar-refractivity contribution in [3.05, 3.63) is 98.4 Å². The molecule has 0 saturated carbocycles. The number of methoxy groups -OCH3 is 1. The molecule has 1 aliphatic heterocycles. The number of hydrogen-bond acceptors (Lipinski definition) is 5. The molecule has 2 amide bonds. The predicted molar refractivity (Wildman–Crippen MR) is 132 cm³/mol. The number of benzene rings is 3. The molecule has 0 N–H and O–H groups in total. The van der Waals surface area contributed by atoms with Crippen LogP contribution in [0.1, 0.15) is 16.7 Å². The first-order chi connectivity index (χ1) is 16.0. The van der Waals surface area contributed by atoms with Gasteiger partial charge in [-0.1, -0.05) is 65.7 Å². The number of nitrogens with zero attached hydrogens (tertiary/aromatic N) is 1. The normalized spacial score (nSPS) is 14.8. The maximum absolute atomic E-state index is 12.9. The first-order valence-corrected chi connectivity index (χ1v) is 11.6. The van der Waals surface area contributed by atoms with Gasteiger partial charge in [-0.2, -0.15) is 0 Å². The van der Waals surface area contributed by atoms with Crippen LogP contribution < -0.4 is 9.47 Å². The van der Waals surface area contributed by atoms with E-state index in [2.05, 4.69) is 0 Å². The molecular weight excluding hydrogens is 481 g/mol. The molecule has 5 nitrogen and oxygen atoms in total. The maximum atomic E-state index is 12.9. The van der Waals surface area contributed by atoms with E-state index in [0.717, 1.165) is 22.2 Å². The van der Waals surface area contributed by atoms with Crippen molar-refractivity contribution in [1.29, 1.82) is 0 Å². The smallest absolute Gasteiger partial charge is 0.293 e. The molecular formula is C25H19Cl2NO4S. The van der Waals surface area contributed by atoms with Crippen LogP contribution in [0.3, 0.4) is 0 Å². The van der Waals surface area contributed by atoms with Crippen LogP contribution in [0.4, 0.5) is 4.79 Å². The number of thioether (sulfide) groups is 1. The lowest BCUT2D eigenvalue weighted by molar-refractivity contribution is -0.123. The van der Waals surface area contributed by atoms with Crippen molar-refractivity contribution in [3.63, 3.8) is 0 Å². The lowest BCUT2D eigenvalue weighted by atomic mass is 10.1. The van der Waals surface area contributed by atoms with Gasteiger partial charge in [0.25, 0.3) is 11.1 Å². The van der Waals surface area contributed by atoms with Gasteiger partial charge in [-0.05, 0) is 53.2 Å². The molecule has 3 aromatic carbocycles. The second-order valence-electron chi connectivity index (χ2n) is 7.15. The van der Waals surface area contributed by atoms with Gasteiger partial charge in [0.2, 0.25) is 0 Å². The lowest BCUT2D eigenvalue weighted by Gasteiger charge is -2.14. The quantitative estimate of drug-likeness (QED) is 0.334. The zero-order chi connectivity index (χ0) is 23.4. The van der Waals surface area contributed by atoms with E-state index < -0.39 is 5.91 Å². The summed E-state index contributed by atoms with van der Waals surface area (Å²) in [4.78, 5) is 26.9. The molecule has 0 spiro atoms. The summed E-state index contributed by atoms with van der Waals surface area (Å²) < 4.78 is 11.3. The molecule has 8 heteroatoms. The van der Waals surface area contributed by atoms with Crippen LogP contribution in [0.2, 0.25) is 10.0 Å². The maximum Gasteiger partial charge on any atom is 0.293 e. The second kappa shape index (κ2) is 10.3. The third kappa shape index (κ3) is 5.36. The first kappa shape index (κ1) is 23.2. The van der Waals surface area contributed by atoms with Crippen molar-refractivity contribution in [1.82, 2.24) is 4.90 Å². The standard InChI is InChI=1S/C25H19Cl2NO4S/c1-31-22-12-17(10-11-21(22)32-15-16-6-3-2-4-7-16)13-23-24(29)28(25(30)33-23)14-18-19(26)8-5-9-20(18)27/h2-13H,14-15H2,1H3/b23-13-. The van der Waals surface area contributed by atoms with E-state index in [1.807, 2.05) is 36.4 Å². The molecule has 33 heavy (non-hydrogen) atoms. The van der Waals surface area contributed by atoms with Crippen LogP contribution in [0.15, 0.2) is 71.6 Å². The van der Waals surface area contributed by atoms with Crippen molar-refractivity contribution in [2.45, 2.75) is 13.2 Å². The third-order valence-corrected chi connectivity index (χ3v) is 6.59. The average molecular weight is 500 g/mol. The van der Waals surface area contributed by atoms with Crippen molar-refractivity contribution in [3.8, 4) is 11.5 Å². The van der Waals surface area contributed by atoms with Crippen LogP contribution in [-0.2, 0) is 17.9 Å². The van der Waals surface area contributed by atoms with E-state index in [1.54, 1.807) is 43.5 Å². The van der Waals surface area contributed by atoms with E-state index in [4.69, 9.17) is 32.7 Å². The van der Waals surface area contributed by atoms with Gasteiger partial charge in [-0.15, -0.1) is 0 Å². The molecule has 0 aliphatic carbocycles. The predicted octanol–water partition coefficient (Wildman–Crippen LogP) is 6.82. The SMILES string of the molecule is COc1cc(/C=C2\SC(=O)N(Cc3c(Cl)cccc3Cl)C2=O)ccc1OCc1ccccc1. The van der Waals surface area contributed by atoms with Crippen molar-refractivity contribution >= 4 is 52.2 Å². The summed E-state index contributed by atoms with van der Waals surface area (Å²) in [5.74, 6) is 0.714. The van der Waals surface area contributed by atoms with Gasteiger partial charge >= 0.3 is 0 Å². The fourth-order valence-corrected chi connectivity index (χ4v) is 4.61. The van der Waals surface area contributed by atoms with E-state index in [9.17, 15) is 9.59 Å². The Morgan fingerprint density at radius 2 is 1.67 bits per heavy atom. The summed E-state index contributed by atoms with van der Waals surface area (Å²) in [6.45, 7) is 0.413. The van der Waals surface area contributed by atoms with Gasteiger partial charge in [0.1, 0.15) is 6.61 Å². The summed E-state index contributed by atoms with van der Waals surface area (Å²) in [6.07, 6.45) is 1.66. The average Bonchev–Trinajstić information content (AvgIpc) is 3.08. The van der Waals surface area contributed by atoms with Gasteiger partial charge in [0, 0.05) is 15.6 Å². The van der Waals surface area contributed by atoms with Crippen molar-refractivity contribution in [2.24, 2.45) is 0 Å². The minimum absolute atomic E-state index is 0.0100. The highest BCUT2D eigenvalue weighted by Crippen LogP contribution is 2.37. The molecule has 3 aromatic rings. The molecule has 0 radical (unpaired) electrons. The molecule has 1 fully saturated rings. The molecule has 1 heterocycles. The Hall–Kier alpha value is -2.93. The minimum Gasteiger partial charge on any atom is -0.493 e. The van der Waals surface area contributed by atoms with Crippen LogP contribution in [0.5, 0.6) is 11.5 Å². The highest BCUT2D eigenvalue weighted by atomic mass is 35.5. The van der Waals surface area contributed by atoms with Crippen LogP contribution in [0.25, 0.3) is 6.08 Å². The zero-order valence-corrected chi connectivity index (χ0v) is 19.9. The van der Waals surface area contributed by atoms with Gasteiger partial charge in [-0.25, -0.2) is 0 Å². The van der Waals surface area contributed by atoms with Gasteiger partial charge in [-0.3, -0.25) is 14.5 Å². The van der Waals surface area contributed by atoms with Crippen molar-refractivity contribution in [2.75, 3.05) is 7.11 Å². The molecule has 0 aromatic heterocycles. The minimum atomic E-state index is -0.399. The zero-order valence-electron chi connectivity index (χ0n) is 17.6. The highest BCUT2D eigenvalue weighted by Gasteiger charge is 2.35. The topological polar surface area (TPSA) is 55.8 Å². The Morgan fingerprint density at radius 3 is 2.36 bits per heavy atom. The number of ether oxygens (including phenoxy) is 2. The number of halogens is 2. The molecule has 1 aliphatic rings. The number of hydrogen-bond donors (Lipinski definition) is 0. The van der Waals surface area contributed by atoms with Crippen LogP contribution in [0, 0.1) is 0 Å². The Kier molecular flexibility index (Phi) is 7.28. The molecule has 0 unspecified atom stereocenters. The van der Waals surface area contributed by atoms with Gasteiger partial charge in [0.15, 0.2) is 11.5 Å². The van der Waals surface area contributed by atoms with E-state index >= 15 is 0 Å². The van der Waals surface area contributed by atoms with Crippen molar-refractivity contribution < 1.29 is 19.1 Å². The summed E-state index contributed by atoms with van der Waals surface area (Å²) in [7, 11) is 1.55. The Bertz CT molecular complexity index is 1210. The number of carbonyl (C=O) groups is 2. The van der Waals surface area contributed by atoms with Crippen LogP contribution in [-0.4, -0.2) is 23.2 Å². The summed E-state index contributed by atoms with van der Waals surface area (Å²) in [6, 6.07) is 20.2. The largest absolute Gasteiger partial charge is 0.493 e. The Morgan fingerprint density at radius 1 is 0.939 bits per heavy atom. The molecule has 0 bridgehead atoms. The molecule has 1 saturated heterocycles. The fraction of sp³-hybridized carbons (Fsp3) is 0.120. The van der Waals surface area contributed by atoms with E-state index in [0.29, 0.717) is 44.2 Å². The molecule has 0 atom stereocenters. The number of amides is 2. The molecule has 4 rings (SSSR count). The first-order valence-electron chi connectivity index (χ1n) is 9.99. The number of carbonyl (C=O) groups excluding carboxylic acids is 2. The summed E-state index contributed by atoms with van der Waals surface area (Å²) in [5.41, 5.74) is 2.28. The highest BCUT2D eigenvalue weighted by molar-refractivity contribution is 8.18. The Balaban J connectivity index is 1.51. The number of imide groups is 1. The van der Waals surface area contributed by atoms with Crippen LogP contribution >= 0.6 is 35.0 Å². The van der Waals surface area contributed by atoms with E-state index in [-0.39, 0.29) is 11.8 Å².